The lowest BCUT2D eigenvalue weighted by atomic mass is 10.5. The summed E-state index contributed by atoms with van der Waals surface area (Å²) in [4.78, 5) is 28.8. The molecule has 0 atom stereocenters. The molecule has 0 aliphatic heterocycles. The Morgan fingerprint density at radius 1 is 1.67 bits per heavy atom. The molecule has 0 radical (unpaired) electrons. The number of methoxy groups -OCH3 is 1. The summed E-state index contributed by atoms with van der Waals surface area (Å²) in [5.74, 6) is -0.233. The molecule has 82 valence electrons. The zero-order chi connectivity index (χ0) is 11.4. The molecule has 0 amide bonds. The number of hydrogen-bond donors (Lipinski definition) is 1. The Bertz CT molecular complexity index is 432. The van der Waals surface area contributed by atoms with Gasteiger partial charge in [-0.3, -0.25) is 9.59 Å². The summed E-state index contributed by atoms with van der Waals surface area (Å²) >= 11 is 4.23. The highest BCUT2D eigenvalue weighted by molar-refractivity contribution is 9.10. The number of aromatic amines is 1. The summed E-state index contributed by atoms with van der Waals surface area (Å²) in [6, 6.07) is 0. The molecule has 0 aliphatic carbocycles. The molecule has 0 saturated carbocycles. The SMILES string of the molecule is COC(=O)CSc1nc(C)c(Br)c(=O)[nH]1. The second kappa shape index (κ2) is 5.32. The van der Waals surface area contributed by atoms with Crippen LogP contribution in [0.1, 0.15) is 5.69 Å². The van der Waals surface area contributed by atoms with Crippen molar-refractivity contribution in [3.8, 4) is 0 Å². The van der Waals surface area contributed by atoms with Gasteiger partial charge >= 0.3 is 5.97 Å². The second-order valence-electron chi connectivity index (χ2n) is 2.64. The van der Waals surface area contributed by atoms with Crippen LogP contribution in [0.25, 0.3) is 0 Å². The van der Waals surface area contributed by atoms with Crippen molar-refractivity contribution >= 4 is 33.7 Å². The van der Waals surface area contributed by atoms with Crippen LogP contribution in [-0.4, -0.2) is 28.8 Å². The number of carbonyl (C=O) groups is 1. The molecular weight excluding hydrogens is 284 g/mol. The maximum Gasteiger partial charge on any atom is 0.316 e. The lowest BCUT2D eigenvalue weighted by molar-refractivity contribution is -0.137. The number of nitrogens with zero attached hydrogens (tertiary/aromatic N) is 1. The maximum atomic E-state index is 11.3. The first-order chi connectivity index (χ1) is 7.04. The number of H-pyrrole nitrogens is 1. The molecular formula is C8H9BrN2O3S. The van der Waals surface area contributed by atoms with E-state index in [1.54, 1.807) is 6.92 Å². The van der Waals surface area contributed by atoms with Gasteiger partial charge in [-0.05, 0) is 22.9 Å². The predicted molar refractivity (Wildman–Crippen MR) is 60.0 cm³/mol. The van der Waals surface area contributed by atoms with Crippen molar-refractivity contribution in [3.63, 3.8) is 0 Å². The van der Waals surface area contributed by atoms with Crippen LogP contribution in [0, 0.1) is 6.92 Å². The van der Waals surface area contributed by atoms with Gasteiger partial charge in [0.1, 0.15) is 4.47 Å². The number of aryl methyl sites for hydroxylation is 1. The molecule has 5 nitrogen and oxygen atoms in total. The minimum absolute atomic E-state index is 0.126. The van der Waals surface area contributed by atoms with Crippen LogP contribution in [0.3, 0.4) is 0 Å². The molecule has 1 heterocycles. The Morgan fingerprint density at radius 2 is 2.33 bits per heavy atom. The van der Waals surface area contributed by atoms with Crippen LogP contribution in [0.2, 0.25) is 0 Å². The van der Waals surface area contributed by atoms with Gasteiger partial charge in [-0.2, -0.15) is 0 Å². The van der Waals surface area contributed by atoms with Gasteiger partial charge in [0.2, 0.25) is 0 Å². The van der Waals surface area contributed by atoms with E-state index in [0.29, 0.717) is 15.3 Å². The number of thioether (sulfide) groups is 1. The van der Waals surface area contributed by atoms with E-state index in [0.717, 1.165) is 11.8 Å². The summed E-state index contributed by atoms with van der Waals surface area (Å²) in [6.07, 6.45) is 0. The molecule has 0 unspecified atom stereocenters. The molecule has 7 heteroatoms. The van der Waals surface area contributed by atoms with Crippen molar-refractivity contribution in [2.75, 3.05) is 12.9 Å². The Labute approximate surface area is 98.8 Å². The Morgan fingerprint density at radius 3 is 2.87 bits per heavy atom. The van der Waals surface area contributed by atoms with E-state index in [4.69, 9.17) is 0 Å². The third-order valence-electron chi connectivity index (χ3n) is 1.56. The first kappa shape index (κ1) is 12.3. The largest absolute Gasteiger partial charge is 0.468 e. The van der Waals surface area contributed by atoms with E-state index in [2.05, 4.69) is 30.6 Å². The number of ether oxygens (including phenoxy) is 1. The quantitative estimate of drug-likeness (QED) is 0.513. The van der Waals surface area contributed by atoms with Crippen molar-refractivity contribution in [2.24, 2.45) is 0 Å². The van der Waals surface area contributed by atoms with Gasteiger partial charge in [0.25, 0.3) is 5.56 Å². The van der Waals surface area contributed by atoms with E-state index >= 15 is 0 Å². The minimum Gasteiger partial charge on any atom is -0.468 e. The van der Waals surface area contributed by atoms with Gasteiger partial charge in [-0.1, -0.05) is 11.8 Å². The highest BCUT2D eigenvalue weighted by Crippen LogP contribution is 2.14. The Balaban J connectivity index is 2.79. The summed E-state index contributed by atoms with van der Waals surface area (Å²) in [6.45, 7) is 1.71. The van der Waals surface area contributed by atoms with Crippen molar-refractivity contribution < 1.29 is 9.53 Å². The van der Waals surface area contributed by atoms with E-state index in [1.807, 2.05) is 0 Å². The summed E-state index contributed by atoms with van der Waals surface area (Å²) < 4.78 is 4.87. The fourth-order valence-electron chi connectivity index (χ4n) is 0.800. The number of rotatable bonds is 3. The van der Waals surface area contributed by atoms with Crippen LogP contribution in [0.15, 0.2) is 14.4 Å². The molecule has 0 fully saturated rings. The predicted octanol–water partition coefficient (Wildman–Crippen LogP) is 1.11. The van der Waals surface area contributed by atoms with Gasteiger partial charge in [0.05, 0.1) is 18.6 Å². The lowest BCUT2D eigenvalue weighted by Crippen LogP contribution is -2.12. The summed E-state index contributed by atoms with van der Waals surface area (Å²) in [5.41, 5.74) is 0.334. The van der Waals surface area contributed by atoms with Crippen LogP contribution in [0.4, 0.5) is 0 Å². The standard InChI is InChI=1S/C8H9BrN2O3S/c1-4-6(9)7(13)11-8(10-4)15-3-5(12)14-2/h3H2,1-2H3,(H,10,11,13). The Kier molecular flexibility index (Phi) is 4.34. The number of carbonyl (C=O) groups excluding carboxylic acids is 1. The van der Waals surface area contributed by atoms with Gasteiger partial charge in [-0.15, -0.1) is 0 Å². The summed E-state index contributed by atoms with van der Waals surface area (Å²) in [7, 11) is 1.31. The van der Waals surface area contributed by atoms with Crippen LogP contribution in [0.5, 0.6) is 0 Å². The molecule has 15 heavy (non-hydrogen) atoms. The van der Waals surface area contributed by atoms with E-state index in [9.17, 15) is 9.59 Å². The fourth-order valence-corrected chi connectivity index (χ4v) is 1.73. The normalized spacial score (nSPS) is 10.1. The number of hydrogen-bond acceptors (Lipinski definition) is 5. The molecule has 0 spiro atoms. The first-order valence-corrected chi connectivity index (χ1v) is 5.78. The topological polar surface area (TPSA) is 72.0 Å². The van der Waals surface area contributed by atoms with Gasteiger partial charge in [-0.25, -0.2) is 4.98 Å². The van der Waals surface area contributed by atoms with Gasteiger partial charge in [0, 0.05) is 0 Å². The molecule has 0 aliphatic rings. The zero-order valence-electron chi connectivity index (χ0n) is 8.17. The molecule has 1 aromatic heterocycles. The second-order valence-corrected chi connectivity index (χ2v) is 4.39. The minimum atomic E-state index is -0.358. The number of aromatic nitrogens is 2. The average Bonchev–Trinajstić information content (AvgIpc) is 2.22. The average molecular weight is 293 g/mol. The molecule has 1 rings (SSSR count). The maximum absolute atomic E-state index is 11.3. The van der Waals surface area contributed by atoms with Crippen molar-refractivity contribution in [2.45, 2.75) is 12.1 Å². The zero-order valence-corrected chi connectivity index (χ0v) is 10.6. The Hall–Kier alpha value is -0.820. The highest BCUT2D eigenvalue weighted by atomic mass is 79.9. The lowest BCUT2D eigenvalue weighted by Gasteiger charge is -2.01. The van der Waals surface area contributed by atoms with Crippen LogP contribution < -0.4 is 5.56 Å². The molecule has 0 saturated heterocycles. The van der Waals surface area contributed by atoms with Crippen molar-refractivity contribution in [1.82, 2.24) is 9.97 Å². The van der Waals surface area contributed by atoms with Crippen LogP contribution >= 0.6 is 27.7 Å². The van der Waals surface area contributed by atoms with Crippen molar-refractivity contribution in [3.05, 3.63) is 20.5 Å². The van der Waals surface area contributed by atoms with E-state index in [1.165, 1.54) is 7.11 Å². The van der Waals surface area contributed by atoms with E-state index < -0.39 is 0 Å². The van der Waals surface area contributed by atoms with E-state index in [-0.39, 0.29) is 17.3 Å². The molecule has 1 N–H and O–H groups in total. The molecule has 1 aromatic rings. The monoisotopic (exact) mass is 292 g/mol. The first-order valence-electron chi connectivity index (χ1n) is 4.00. The number of halogens is 1. The third-order valence-corrected chi connectivity index (χ3v) is 3.34. The fraction of sp³-hybridized carbons (Fsp3) is 0.375. The summed E-state index contributed by atoms with van der Waals surface area (Å²) in [5, 5.41) is 0.408. The van der Waals surface area contributed by atoms with Gasteiger partial charge in [0.15, 0.2) is 5.16 Å². The third kappa shape index (κ3) is 3.35. The van der Waals surface area contributed by atoms with Gasteiger partial charge < -0.3 is 9.72 Å². The smallest absolute Gasteiger partial charge is 0.316 e. The van der Waals surface area contributed by atoms with Crippen LogP contribution in [-0.2, 0) is 9.53 Å². The molecule has 0 bridgehead atoms. The molecule has 0 aromatic carbocycles. The number of esters is 1. The highest BCUT2D eigenvalue weighted by Gasteiger charge is 2.07. The number of nitrogens with one attached hydrogen (secondary N) is 1. The van der Waals surface area contributed by atoms with Crippen molar-refractivity contribution in [1.29, 1.82) is 0 Å².